The molecule has 1 aromatic carbocycles. The van der Waals surface area contributed by atoms with Gasteiger partial charge >= 0.3 is 0 Å². The first-order chi connectivity index (χ1) is 8.09. The van der Waals surface area contributed by atoms with Crippen molar-refractivity contribution in [1.29, 1.82) is 0 Å². The standard InChI is InChI=1S/C12H15F2NO2/c13-12(14)9-6-10(16)11(17)7-15(9)8-4-2-1-3-5-8/h1-5,9-12,16-17H,6-7H2. The molecule has 2 N–H and O–H groups in total. The number of aliphatic hydroxyl groups is 2. The van der Waals surface area contributed by atoms with Gasteiger partial charge in [-0.05, 0) is 12.1 Å². The Morgan fingerprint density at radius 3 is 2.35 bits per heavy atom. The number of aliphatic hydroxyl groups excluding tert-OH is 2. The predicted octanol–water partition coefficient (Wildman–Crippen LogP) is 1.25. The molecule has 3 nitrogen and oxygen atoms in total. The van der Waals surface area contributed by atoms with Crippen molar-refractivity contribution in [3.8, 4) is 0 Å². The maximum absolute atomic E-state index is 12.9. The van der Waals surface area contributed by atoms with E-state index in [0.717, 1.165) is 0 Å². The molecule has 0 saturated carbocycles. The smallest absolute Gasteiger partial charge is 0.258 e. The first-order valence-corrected chi connectivity index (χ1v) is 5.55. The van der Waals surface area contributed by atoms with Gasteiger partial charge in [-0.15, -0.1) is 0 Å². The van der Waals surface area contributed by atoms with Crippen LogP contribution in [0.3, 0.4) is 0 Å². The third kappa shape index (κ3) is 2.56. The van der Waals surface area contributed by atoms with Crippen LogP contribution in [0.15, 0.2) is 30.3 Å². The van der Waals surface area contributed by atoms with Gasteiger partial charge in [0.15, 0.2) is 0 Å². The summed E-state index contributed by atoms with van der Waals surface area (Å²) in [6.07, 6.45) is -4.72. The highest BCUT2D eigenvalue weighted by atomic mass is 19.3. The van der Waals surface area contributed by atoms with Crippen LogP contribution in [0.4, 0.5) is 14.5 Å². The van der Waals surface area contributed by atoms with Gasteiger partial charge in [0.05, 0.1) is 18.2 Å². The van der Waals surface area contributed by atoms with Crippen LogP contribution in [0.1, 0.15) is 6.42 Å². The van der Waals surface area contributed by atoms with Crippen molar-refractivity contribution in [2.45, 2.75) is 31.1 Å². The average molecular weight is 243 g/mol. The largest absolute Gasteiger partial charge is 0.390 e. The lowest BCUT2D eigenvalue weighted by Gasteiger charge is -2.41. The zero-order chi connectivity index (χ0) is 12.4. The first kappa shape index (κ1) is 12.3. The summed E-state index contributed by atoms with van der Waals surface area (Å²) in [6.45, 7) is 0.0280. The lowest BCUT2D eigenvalue weighted by molar-refractivity contribution is -0.0253. The number of piperidine rings is 1. The highest BCUT2D eigenvalue weighted by Crippen LogP contribution is 2.28. The molecule has 1 fully saturated rings. The second-order valence-electron chi connectivity index (χ2n) is 4.26. The van der Waals surface area contributed by atoms with E-state index in [2.05, 4.69) is 0 Å². The molecule has 0 aromatic heterocycles. The number of para-hydroxylation sites is 1. The summed E-state index contributed by atoms with van der Waals surface area (Å²) in [5, 5.41) is 19.0. The topological polar surface area (TPSA) is 43.7 Å². The van der Waals surface area contributed by atoms with E-state index < -0.39 is 24.7 Å². The number of rotatable bonds is 2. The summed E-state index contributed by atoms with van der Waals surface area (Å²) in [5.74, 6) is 0. The number of nitrogens with zero attached hydrogens (tertiary/aromatic N) is 1. The van der Waals surface area contributed by atoms with E-state index in [0.29, 0.717) is 5.69 Å². The Bertz CT molecular complexity index is 361. The van der Waals surface area contributed by atoms with Crippen molar-refractivity contribution in [2.24, 2.45) is 0 Å². The molecule has 1 heterocycles. The molecule has 1 saturated heterocycles. The zero-order valence-corrected chi connectivity index (χ0v) is 9.21. The summed E-state index contributed by atoms with van der Waals surface area (Å²) < 4.78 is 25.8. The number of β-amino-alcohol motifs (C(OH)–C–C–N with tert-alkyl or cyclic N) is 1. The molecule has 0 aliphatic carbocycles. The molecule has 2 rings (SSSR count). The van der Waals surface area contributed by atoms with E-state index in [9.17, 15) is 19.0 Å². The van der Waals surface area contributed by atoms with Crippen LogP contribution in [-0.4, -0.2) is 41.4 Å². The third-order valence-corrected chi connectivity index (χ3v) is 3.09. The van der Waals surface area contributed by atoms with Crippen LogP contribution in [0.2, 0.25) is 0 Å². The third-order valence-electron chi connectivity index (χ3n) is 3.09. The van der Waals surface area contributed by atoms with Crippen LogP contribution in [0.5, 0.6) is 0 Å². The maximum atomic E-state index is 12.9. The number of hydrogen-bond donors (Lipinski definition) is 2. The van der Waals surface area contributed by atoms with Crippen LogP contribution in [-0.2, 0) is 0 Å². The van der Waals surface area contributed by atoms with Crippen molar-refractivity contribution in [1.82, 2.24) is 0 Å². The van der Waals surface area contributed by atoms with Crippen molar-refractivity contribution in [3.05, 3.63) is 30.3 Å². The molecule has 1 aromatic rings. The van der Waals surface area contributed by atoms with Gasteiger partial charge < -0.3 is 15.1 Å². The summed E-state index contributed by atoms with van der Waals surface area (Å²) in [4.78, 5) is 1.46. The summed E-state index contributed by atoms with van der Waals surface area (Å²) in [5.41, 5.74) is 0.642. The second kappa shape index (κ2) is 4.98. The number of halogens is 2. The lowest BCUT2D eigenvalue weighted by Crippen LogP contribution is -2.55. The summed E-state index contributed by atoms with van der Waals surface area (Å²) in [6, 6.07) is 7.72. The fraction of sp³-hybridized carbons (Fsp3) is 0.500. The molecule has 0 radical (unpaired) electrons. The maximum Gasteiger partial charge on any atom is 0.258 e. The Balaban J connectivity index is 2.23. The SMILES string of the molecule is OC1CC(C(F)F)N(c2ccccc2)CC1O. The fourth-order valence-corrected chi connectivity index (χ4v) is 2.15. The van der Waals surface area contributed by atoms with Crippen molar-refractivity contribution >= 4 is 5.69 Å². The summed E-state index contributed by atoms with van der Waals surface area (Å²) in [7, 11) is 0. The lowest BCUT2D eigenvalue weighted by atomic mass is 9.96. The highest BCUT2D eigenvalue weighted by Gasteiger charge is 2.38. The molecule has 17 heavy (non-hydrogen) atoms. The highest BCUT2D eigenvalue weighted by molar-refractivity contribution is 5.48. The quantitative estimate of drug-likeness (QED) is 0.821. The Hall–Kier alpha value is -1.20. The van der Waals surface area contributed by atoms with E-state index in [4.69, 9.17) is 0 Å². The van der Waals surface area contributed by atoms with E-state index in [1.165, 1.54) is 4.90 Å². The number of benzene rings is 1. The normalized spacial score (nSPS) is 29.7. The first-order valence-electron chi connectivity index (χ1n) is 5.55. The predicted molar refractivity (Wildman–Crippen MR) is 60.2 cm³/mol. The number of hydrogen-bond acceptors (Lipinski definition) is 3. The molecule has 1 aliphatic heterocycles. The molecule has 0 bridgehead atoms. The average Bonchev–Trinajstić information content (AvgIpc) is 2.33. The molecule has 3 unspecified atom stereocenters. The number of anilines is 1. The van der Waals surface area contributed by atoms with Crippen LogP contribution in [0.25, 0.3) is 0 Å². The minimum Gasteiger partial charge on any atom is -0.390 e. The minimum absolute atomic E-state index is 0.0280. The molecule has 3 atom stereocenters. The zero-order valence-electron chi connectivity index (χ0n) is 9.21. The minimum atomic E-state index is -2.54. The Morgan fingerprint density at radius 1 is 1.12 bits per heavy atom. The van der Waals surface area contributed by atoms with Gasteiger partial charge in [-0.25, -0.2) is 8.78 Å². The van der Waals surface area contributed by atoms with E-state index in [1.807, 2.05) is 0 Å². The van der Waals surface area contributed by atoms with Gasteiger partial charge in [0.25, 0.3) is 6.43 Å². The van der Waals surface area contributed by atoms with Gasteiger partial charge in [-0.2, -0.15) is 0 Å². The van der Waals surface area contributed by atoms with Crippen LogP contribution < -0.4 is 4.90 Å². The Morgan fingerprint density at radius 2 is 1.76 bits per heavy atom. The summed E-state index contributed by atoms with van der Waals surface area (Å²) >= 11 is 0. The van der Waals surface area contributed by atoms with Gasteiger partial charge in [-0.1, -0.05) is 18.2 Å². The van der Waals surface area contributed by atoms with E-state index in [-0.39, 0.29) is 13.0 Å². The van der Waals surface area contributed by atoms with Gasteiger partial charge in [-0.3, -0.25) is 0 Å². The van der Waals surface area contributed by atoms with Crippen molar-refractivity contribution in [3.63, 3.8) is 0 Å². The monoisotopic (exact) mass is 243 g/mol. The molecule has 0 spiro atoms. The van der Waals surface area contributed by atoms with Crippen molar-refractivity contribution < 1.29 is 19.0 Å². The van der Waals surface area contributed by atoms with Crippen molar-refractivity contribution in [2.75, 3.05) is 11.4 Å². The molecular weight excluding hydrogens is 228 g/mol. The second-order valence-corrected chi connectivity index (χ2v) is 4.26. The molecule has 0 amide bonds. The van der Waals surface area contributed by atoms with E-state index in [1.54, 1.807) is 30.3 Å². The van der Waals surface area contributed by atoms with Crippen LogP contribution in [0, 0.1) is 0 Å². The Kier molecular flexibility index (Phi) is 3.59. The molecular formula is C12H15F2NO2. The van der Waals surface area contributed by atoms with Crippen LogP contribution >= 0.6 is 0 Å². The molecule has 1 aliphatic rings. The van der Waals surface area contributed by atoms with Gasteiger partial charge in [0, 0.05) is 18.7 Å². The van der Waals surface area contributed by atoms with Gasteiger partial charge in [0.2, 0.25) is 0 Å². The fourth-order valence-electron chi connectivity index (χ4n) is 2.15. The van der Waals surface area contributed by atoms with Gasteiger partial charge in [0.1, 0.15) is 0 Å². The molecule has 5 heteroatoms. The Labute approximate surface area is 98.3 Å². The van der Waals surface area contributed by atoms with E-state index >= 15 is 0 Å². The molecule has 94 valence electrons. The number of alkyl halides is 2.